The number of halogens is 2. The summed E-state index contributed by atoms with van der Waals surface area (Å²) in [6.45, 7) is 5.27. The molecule has 0 fully saturated rings. The van der Waals surface area contributed by atoms with E-state index in [9.17, 15) is 12.8 Å². The molecule has 0 unspecified atom stereocenters. The molecule has 0 spiro atoms. The third-order valence-corrected chi connectivity index (χ3v) is 6.51. The molecule has 0 saturated heterocycles. The van der Waals surface area contributed by atoms with E-state index in [1.54, 1.807) is 25.5 Å². The zero-order chi connectivity index (χ0) is 20.6. The van der Waals surface area contributed by atoms with E-state index in [1.165, 1.54) is 18.2 Å². The highest BCUT2D eigenvalue weighted by molar-refractivity contribution is 7.89. The lowest BCUT2D eigenvalue weighted by Crippen LogP contribution is -2.24. The first-order valence-electron chi connectivity index (χ1n) is 8.58. The number of hydrogen-bond acceptors (Lipinski definition) is 5. The number of aromatic nitrogens is 3. The van der Waals surface area contributed by atoms with E-state index in [-0.39, 0.29) is 22.4 Å². The van der Waals surface area contributed by atoms with Crippen molar-refractivity contribution in [2.45, 2.75) is 38.6 Å². The predicted octanol–water partition coefficient (Wildman–Crippen LogP) is 3.53. The van der Waals surface area contributed by atoms with Crippen LogP contribution in [0.15, 0.2) is 27.5 Å². The monoisotopic (exact) mass is 426 g/mol. The van der Waals surface area contributed by atoms with Crippen molar-refractivity contribution in [1.82, 2.24) is 19.5 Å². The summed E-state index contributed by atoms with van der Waals surface area (Å²) < 4.78 is 49.1. The molecular weight excluding hydrogens is 407 g/mol. The minimum Gasteiger partial charge on any atom is -0.419 e. The maximum Gasteiger partial charge on any atom is 0.264 e. The lowest BCUT2D eigenvalue weighted by atomic mass is 10.2. The maximum atomic E-state index is 13.3. The van der Waals surface area contributed by atoms with Crippen LogP contribution in [0.5, 0.6) is 0 Å². The summed E-state index contributed by atoms with van der Waals surface area (Å²) in [5.41, 5.74) is 2.14. The summed E-state index contributed by atoms with van der Waals surface area (Å²) in [6, 6.07) is 4.06. The molecule has 3 rings (SSSR count). The number of benzene rings is 1. The van der Waals surface area contributed by atoms with Gasteiger partial charge >= 0.3 is 0 Å². The number of rotatable bonds is 6. The standard InChI is InChI=1S/C18H20ClFN4O3S/c1-5-15-22-23-18(27-15)16-10(2)17(11(3)24(16)4)28(25,26)21-9-12-6-7-14(20)13(19)8-12/h6-8,21H,5,9H2,1-4H3. The van der Waals surface area contributed by atoms with Gasteiger partial charge < -0.3 is 8.98 Å². The number of nitrogens with one attached hydrogen (secondary N) is 1. The van der Waals surface area contributed by atoms with Gasteiger partial charge in [0.2, 0.25) is 15.9 Å². The van der Waals surface area contributed by atoms with Crippen molar-refractivity contribution >= 4 is 21.6 Å². The largest absolute Gasteiger partial charge is 0.419 e. The van der Waals surface area contributed by atoms with Gasteiger partial charge in [-0.25, -0.2) is 17.5 Å². The molecule has 150 valence electrons. The second-order valence-corrected chi connectivity index (χ2v) is 8.49. The molecule has 1 N–H and O–H groups in total. The number of nitrogens with zero attached hydrogens (tertiary/aromatic N) is 3. The van der Waals surface area contributed by atoms with Gasteiger partial charge in [-0.3, -0.25) is 0 Å². The zero-order valence-electron chi connectivity index (χ0n) is 15.9. The Hall–Kier alpha value is -2.23. The molecular formula is C18H20ClFN4O3S. The van der Waals surface area contributed by atoms with Crippen LogP contribution in [0.25, 0.3) is 11.6 Å². The van der Waals surface area contributed by atoms with Crippen LogP contribution >= 0.6 is 11.6 Å². The SMILES string of the molecule is CCc1nnc(-c2c(C)c(S(=O)(=O)NCc3ccc(F)c(Cl)c3)c(C)n2C)o1. The first kappa shape index (κ1) is 20.5. The fourth-order valence-electron chi connectivity index (χ4n) is 3.04. The van der Waals surface area contributed by atoms with E-state index in [1.807, 2.05) is 6.92 Å². The minimum atomic E-state index is -3.85. The highest BCUT2D eigenvalue weighted by Gasteiger charge is 2.28. The van der Waals surface area contributed by atoms with Crippen LogP contribution in [0.1, 0.15) is 29.6 Å². The van der Waals surface area contributed by atoms with Gasteiger partial charge in [0.15, 0.2) is 0 Å². The van der Waals surface area contributed by atoms with Crippen LogP contribution in [0.4, 0.5) is 4.39 Å². The Labute approximate surface area is 167 Å². The van der Waals surface area contributed by atoms with Crippen molar-refractivity contribution in [3.05, 3.63) is 51.8 Å². The van der Waals surface area contributed by atoms with Gasteiger partial charge in [-0.1, -0.05) is 24.6 Å². The summed E-state index contributed by atoms with van der Waals surface area (Å²) in [5, 5.41) is 7.91. The summed E-state index contributed by atoms with van der Waals surface area (Å²) >= 11 is 5.76. The van der Waals surface area contributed by atoms with Crippen LogP contribution in [-0.4, -0.2) is 23.2 Å². The van der Waals surface area contributed by atoms with Crippen LogP contribution in [-0.2, 0) is 30.0 Å². The van der Waals surface area contributed by atoms with E-state index in [2.05, 4.69) is 14.9 Å². The molecule has 0 atom stereocenters. The molecule has 0 aliphatic rings. The molecule has 0 saturated carbocycles. The first-order valence-corrected chi connectivity index (χ1v) is 10.4. The van der Waals surface area contributed by atoms with Gasteiger partial charge in [0.1, 0.15) is 16.4 Å². The Kier molecular flexibility index (Phi) is 5.60. The predicted molar refractivity (Wildman–Crippen MR) is 103 cm³/mol. The lowest BCUT2D eigenvalue weighted by Gasteiger charge is -2.08. The van der Waals surface area contributed by atoms with Gasteiger partial charge in [0, 0.05) is 31.3 Å². The molecule has 1 aromatic carbocycles. The summed E-state index contributed by atoms with van der Waals surface area (Å²) in [5.74, 6) is 0.189. The fraction of sp³-hybridized carbons (Fsp3) is 0.333. The van der Waals surface area contributed by atoms with Crippen molar-refractivity contribution in [3.8, 4) is 11.6 Å². The average molecular weight is 427 g/mol. The molecule has 0 aliphatic carbocycles. The van der Waals surface area contributed by atoms with Gasteiger partial charge in [0.25, 0.3) is 5.89 Å². The van der Waals surface area contributed by atoms with Gasteiger partial charge in [-0.15, -0.1) is 10.2 Å². The molecule has 0 radical (unpaired) electrons. The Morgan fingerprint density at radius 2 is 2.00 bits per heavy atom. The van der Waals surface area contributed by atoms with Crippen LogP contribution in [0.2, 0.25) is 5.02 Å². The highest BCUT2D eigenvalue weighted by Crippen LogP contribution is 2.32. The molecule has 10 heteroatoms. The van der Waals surface area contributed by atoms with Crippen LogP contribution in [0, 0.1) is 19.7 Å². The second kappa shape index (κ2) is 7.65. The molecule has 2 heterocycles. The summed E-state index contributed by atoms with van der Waals surface area (Å²) in [4.78, 5) is 0.148. The maximum absolute atomic E-state index is 13.3. The van der Waals surface area contributed by atoms with Crippen molar-refractivity contribution in [3.63, 3.8) is 0 Å². The van der Waals surface area contributed by atoms with E-state index in [4.69, 9.17) is 16.0 Å². The van der Waals surface area contributed by atoms with Crippen molar-refractivity contribution in [2.75, 3.05) is 0 Å². The molecule has 0 aliphatic heterocycles. The number of aryl methyl sites for hydroxylation is 1. The fourth-order valence-corrected chi connectivity index (χ4v) is 4.77. The molecule has 3 aromatic rings. The smallest absolute Gasteiger partial charge is 0.264 e. The molecule has 28 heavy (non-hydrogen) atoms. The van der Waals surface area contributed by atoms with Crippen molar-refractivity contribution < 1.29 is 17.2 Å². The Morgan fingerprint density at radius 1 is 1.29 bits per heavy atom. The Balaban J connectivity index is 1.95. The summed E-state index contributed by atoms with van der Waals surface area (Å²) in [6.07, 6.45) is 0.586. The van der Waals surface area contributed by atoms with Crippen LogP contribution in [0.3, 0.4) is 0 Å². The highest BCUT2D eigenvalue weighted by atomic mass is 35.5. The van der Waals surface area contributed by atoms with E-state index in [0.717, 1.165) is 0 Å². The zero-order valence-corrected chi connectivity index (χ0v) is 17.4. The molecule has 0 bridgehead atoms. The quantitative estimate of drug-likeness (QED) is 0.651. The lowest BCUT2D eigenvalue weighted by molar-refractivity contribution is 0.508. The Morgan fingerprint density at radius 3 is 2.61 bits per heavy atom. The molecule has 7 nitrogen and oxygen atoms in total. The number of sulfonamides is 1. The molecule has 0 amide bonds. The van der Waals surface area contributed by atoms with Gasteiger partial charge in [-0.05, 0) is 31.5 Å². The molecule has 2 aromatic heterocycles. The van der Waals surface area contributed by atoms with E-state index in [0.29, 0.717) is 34.8 Å². The van der Waals surface area contributed by atoms with Crippen molar-refractivity contribution in [1.29, 1.82) is 0 Å². The minimum absolute atomic E-state index is 0.0218. The topological polar surface area (TPSA) is 90.0 Å². The van der Waals surface area contributed by atoms with E-state index < -0.39 is 15.8 Å². The second-order valence-electron chi connectivity index (χ2n) is 6.37. The first-order chi connectivity index (χ1) is 13.2. The Bertz CT molecular complexity index is 1140. The third kappa shape index (κ3) is 3.69. The van der Waals surface area contributed by atoms with Gasteiger partial charge in [-0.2, -0.15) is 0 Å². The van der Waals surface area contributed by atoms with Gasteiger partial charge in [0.05, 0.1) is 5.02 Å². The van der Waals surface area contributed by atoms with Crippen molar-refractivity contribution in [2.24, 2.45) is 7.05 Å². The van der Waals surface area contributed by atoms with Crippen LogP contribution < -0.4 is 4.72 Å². The van der Waals surface area contributed by atoms with E-state index >= 15 is 0 Å². The third-order valence-electron chi connectivity index (χ3n) is 4.55. The average Bonchev–Trinajstić information content (AvgIpc) is 3.19. The normalized spacial score (nSPS) is 11.9. The number of hydrogen-bond donors (Lipinski definition) is 1. The summed E-state index contributed by atoms with van der Waals surface area (Å²) in [7, 11) is -2.11.